The first-order chi connectivity index (χ1) is 16.0. The molecule has 1 heterocycles. The molecule has 1 amide bonds. The van der Waals surface area contributed by atoms with E-state index in [0.29, 0.717) is 30.9 Å². The largest absolute Gasteiger partial charge is 0.375 e. The van der Waals surface area contributed by atoms with Crippen molar-refractivity contribution in [3.63, 3.8) is 0 Å². The van der Waals surface area contributed by atoms with E-state index in [1.807, 2.05) is 20.8 Å². The number of carbonyl (C=O) groups excluding carboxylic acids is 1. The van der Waals surface area contributed by atoms with Gasteiger partial charge in [0.1, 0.15) is 5.69 Å². The van der Waals surface area contributed by atoms with Crippen molar-refractivity contribution in [3.05, 3.63) is 58.5 Å². The van der Waals surface area contributed by atoms with Crippen molar-refractivity contribution in [2.24, 2.45) is 5.92 Å². The van der Waals surface area contributed by atoms with E-state index >= 15 is 0 Å². The number of nitrogens with one attached hydrogen (secondary N) is 1. The van der Waals surface area contributed by atoms with Crippen LogP contribution in [0, 0.1) is 10.8 Å². The van der Waals surface area contributed by atoms with Crippen molar-refractivity contribution in [2.75, 3.05) is 25.5 Å². The van der Waals surface area contributed by atoms with E-state index in [4.69, 9.17) is 0 Å². The van der Waals surface area contributed by atoms with Crippen molar-refractivity contribution >= 4 is 27.3 Å². The quantitative estimate of drug-likeness (QED) is 0.543. The van der Waals surface area contributed by atoms with Gasteiger partial charge in [0.2, 0.25) is 10.0 Å². The summed E-state index contributed by atoms with van der Waals surface area (Å²) in [5, 5.41) is 12.7. The maximum Gasteiger partial charge on any atom is 0.340 e. The summed E-state index contributed by atoms with van der Waals surface area (Å²) in [5.74, 6) is 0.198. The molecule has 0 radical (unpaired) electrons. The van der Waals surface area contributed by atoms with Gasteiger partial charge in [0.15, 0.2) is 0 Å². The minimum absolute atomic E-state index is 0.0332. The van der Waals surface area contributed by atoms with Crippen LogP contribution in [0.2, 0.25) is 0 Å². The number of carbonyl (C=O) groups is 1. The number of sulfonamides is 1. The highest BCUT2D eigenvalue weighted by Gasteiger charge is 2.31. The van der Waals surface area contributed by atoms with E-state index in [1.54, 1.807) is 36.2 Å². The van der Waals surface area contributed by atoms with Crippen molar-refractivity contribution in [2.45, 2.75) is 51.1 Å². The Kier molecular flexibility index (Phi) is 7.93. The SMILES string of the molecule is CC1CCCN(S(=O)(=O)c2ccc(NCc3ccc(C(=O)N(C)C(C)C)cc3)c([N+](=O)O)c2)C1. The second kappa shape index (κ2) is 10.5. The van der Waals surface area contributed by atoms with Gasteiger partial charge in [-0.05, 0) is 62.4 Å². The third-order valence-corrected chi connectivity index (χ3v) is 8.07. The smallest absolute Gasteiger partial charge is 0.340 e. The van der Waals surface area contributed by atoms with Crippen LogP contribution in [-0.4, -0.2) is 59.8 Å². The summed E-state index contributed by atoms with van der Waals surface area (Å²) in [6.45, 7) is 7.08. The Bertz CT molecular complexity index is 1150. The van der Waals surface area contributed by atoms with E-state index in [1.165, 1.54) is 22.5 Å². The third kappa shape index (κ3) is 5.74. The molecule has 2 N–H and O–H groups in total. The highest BCUT2D eigenvalue weighted by molar-refractivity contribution is 7.89. The summed E-state index contributed by atoms with van der Waals surface area (Å²) in [6.07, 6.45) is 1.77. The zero-order chi connectivity index (χ0) is 25.0. The van der Waals surface area contributed by atoms with Crippen LogP contribution in [0.1, 0.15) is 49.5 Å². The fourth-order valence-electron chi connectivity index (χ4n) is 3.89. The molecule has 1 fully saturated rings. The van der Waals surface area contributed by atoms with Gasteiger partial charge in [-0.1, -0.05) is 19.1 Å². The molecule has 0 aromatic heterocycles. The second-order valence-corrected chi connectivity index (χ2v) is 11.1. The molecule has 1 saturated heterocycles. The van der Waals surface area contributed by atoms with Crippen LogP contribution in [0.5, 0.6) is 0 Å². The topological polar surface area (TPSA) is 110 Å². The lowest BCUT2D eigenvalue weighted by molar-refractivity contribution is -0.729. The molecule has 9 nitrogen and oxygen atoms in total. The summed E-state index contributed by atoms with van der Waals surface area (Å²) in [5.41, 5.74) is 1.53. The fourth-order valence-corrected chi connectivity index (χ4v) is 5.51. The number of amides is 1. The van der Waals surface area contributed by atoms with Gasteiger partial charge in [-0.3, -0.25) is 4.79 Å². The second-order valence-electron chi connectivity index (χ2n) is 9.12. The van der Waals surface area contributed by atoms with E-state index in [9.17, 15) is 23.3 Å². The summed E-state index contributed by atoms with van der Waals surface area (Å²) in [4.78, 5) is 25.5. The molecule has 3 rings (SSSR count). The molecule has 2 aromatic carbocycles. The zero-order valence-corrected chi connectivity index (χ0v) is 20.9. The van der Waals surface area contributed by atoms with Crippen molar-refractivity contribution in [1.82, 2.24) is 9.21 Å². The van der Waals surface area contributed by atoms with Crippen LogP contribution in [-0.2, 0) is 16.6 Å². The predicted octanol–water partition coefficient (Wildman–Crippen LogP) is 4.00. The van der Waals surface area contributed by atoms with Gasteiger partial charge in [-0.25, -0.2) is 13.6 Å². The number of benzene rings is 2. The lowest BCUT2D eigenvalue weighted by atomic mass is 10.0. The van der Waals surface area contributed by atoms with Crippen LogP contribution in [0.4, 0.5) is 11.4 Å². The average Bonchev–Trinajstić information content (AvgIpc) is 2.81. The highest BCUT2D eigenvalue weighted by atomic mass is 32.2. The first-order valence-electron chi connectivity index (χ1n) is 11.4. The lowest BCUT2D eigenvalue weighted by Gasteiger charge is -2.29. The van der Waals surface area contributed by atoms with Gasteiger partial charge in [0.05, 0.1) is 9.80 Å². The van der Waals surface area contributed by atoms with Crippen molar-refractivity contribution < 1.29 is 23.3 Å². The minimum atomic E-state index is -3.77. The van der Waals surface area contributed by atoms with Gasteiger partial charge in [-0.15, -0.1) is 0 Å². The molecular weight excluding hydrogens is 456 g/mol. The molecule has 0 saturated carbocycles. The van der Waals surface area contributed by atoms with Gasteiger partial charge in [0.25, 0.3) is 10.8 Å². The highest BCUT2D eigenvalue weighted by Crippen LogP contribution is 2.30. The molecule has 1 aliphatic heterocycles. The Morgan fingerprint density at radius 1 is 1.24 bits per heavy atom. The van der Waals surface area contributed by atoms with Crippen LogP contribution in [0.15, 0.2) is 47.4 Å². The first kappa shape index (κ1) is 25.6. The van der Waals surface area contributed by atoms with Gasteiger partial charge in [-0.2, -0.15) is 4.31 Å². The maximum absolute atomic E-state index is 13.0. The molecule has 0 aliphatic carbocycles. The fraction of sp³-hybridized carbons (Fsp3) is 0.458. The molecule has 184 valence electrons. The van der Waals surface area contributed by atoms with E-state index in [0.717, 1.165) is 18.4 Å². The monoisotopic (exact) mass is 489 g/mol. The maximum atomic E-state index is 13.0. The summed E-state index contributed by atoms with van der Waals surface area (Å²) < 4.78 is 27.5. The molecule has 10 heteroatoms. The number of hydrogen-bond donors (Lipinski definition) is 2. The molecule has 1 aliphatic rings. The Labute approximate surface area is 201 Å². The summed E-state index contributed by atoms with van der Waals surface area (Å²) in [7, 11) is -2.01. The van der Waals surface area contributed by atoms with Crippen LogP contribution in [0.3, 0.4) is 0 Å². The van der Waals surface area contributed by atoms with Crippen LogP contribution in [0.25, 0.3) is 0 Å². The Hall–Kier alpha value is -2.98. The number of nitrogens with zero attached hydrogens (tertiary/aromatic N) is 3. The van der Waals surface area contributed by atoms with Gasteiger partial charge < -0.3 is 10.2 Å². The van der Waals surface area contributed by atoms with Crippen LogP contribution < -0.4 is 5.32 Å². The Balaban J connectivity index is 1.75. The van der Waals surface area contributed by atoms with Crippen molar-refractivity contribution in [1.29, 1.82) is 0 Å². The standard InChI is InChI=1S/C24H33N4O5S/c1-17(2)26(4)24(29)20-9-7-19(8-10-20)15-25-22-12-11-21(14-23(22)28(30)31)34(32,33)27-13-5-6-18(3)16-27/h7-12,14,17-18,25H,5-6,13,15-16H2,1-4H3,(H,30,31)/q+1. The number of hydrogen-bond acceptors (Lipinski definition) is 5. The normalized spacial score (nSPS) is 16.9. The van der Waals surface area contributed by atoms with Crippen LogP contribution >= 0.6 is 0 Å². The van der Waals surface area contributed by atoms with Gasteiger partial charge >= 0.3 is 5.69 Å². The van der Waals surface area contributed by atoms with E-state index in [2.05, 4.69) is 5.32 Å². The molecule has 0 spiro atoms. The molecule has 34 heavy (non-hydrogen) atoms. The summed E-state index contributed by atoms with van der Waals surface area (Å²) in [6, 6.07) is 11.3. The lowest BCUT2D eigenvalue weighted by Crippen LogP contribution is -2.39. The minimum Gasteiger partial charge on any atom is -0.375 e. The Morgan fingerprint density at radius 2 is 1.91 bits per heavy atom. The predicted molar refractivity (Wildman–Crippen MR) is 130 cm³/mol. The first-order valence-corrected chi connectivity index (χ1v) is 12.8. The Morgan fingerprint density at radius 3 is 2.50 bits per heavy atom. The molecule has 1 atom stereocenters. The van der Waals surface area contributed by atoms with E-state index in [-0.39, 0.29) is 33.4 Å². The third-order valence-electron chi connectivity index (χ3n) is 6.21. The molecule has 1 unspecified atom stereocenters. The van der Waals surface area contributed by atoms with Crippen molar-refractivity contribution in [3.8, 4) is 0 Å². The summed E-state index contributed by atoms with van der Waals surface area (Å²) >= 11 is 0. The number of rotatable bonds is 8. The van der Waals surface area contributed by atoms with E-state index < -0.39 is 10.0 Å². The zero-order valence-electron chi connectivity index (χ0n) is 20.1. The molecule has 0 bridgehead atoms. The number of piperidine rings is 1. The molecule has 2 aromatic rings. The number of anilines is 1. The van der Waals surface area contributed by atoms with Gasteiger partial charge in [0, 0.05) is 44.4 Å². The average molecular weight is 490 g/mol. The molecular formula is C24H33N4O5S+.